The molecular formula is C19H18Cl6N2O2. The highest BCUT2D eigenvalue weighted by Crippen LogP contribution is 2.48. The van der Waals surface area contributed by atoms with Crippen LogP contribution in [0.15, 0.2) is 24.3 Å². The van der Waals surface area contributed by atoms with Gasteiger partial charge in [0.1, 0.15) is 22.8 Å². The van der Waals surface area contributed by atoms with Gasteiger partial charge in [0.15, 0.2) is 5.75 Å². The molecule has 158 valence electrons. The lowest BCUT2D eigenvalue weighted by atomic mass is 10.2. The second-order valence-electron chi connectivity index (χ2n) is 6.60. The summed E-state index contributed by atoms with van der Waals surface area (Å²) in [5, 5.41) is 11.4. The van der Waals surface area contributed by atoms with Gasteiger partial charge in [-0.2, -0.15) is 0 Å². The number of aliphatic hydroxyl groups is 1. The van der Waals surface area contributed by atoms with Crippen LogP contribution in [-0.2, 0) is 0 Å². The molecule has 0 radical (unpaired) electrons. The molecule has 0 saturated carbocycles. The first-order valence-electron chi connectivity index (χ1n) is 8.83. The lowest BCUT2D eigenvalue weighted by Gasteiger charge is -2.37. The summed E-state index contributed by atoms with van der Waals surface area (Å²) in [6.07, 6.45) is -0.748. The molecule has 29 heavy (non-hydrogen) atoms. The maximum atomic E-state index is 10.4. The fraction of sp³-hybridized carbons (Fsp3) is 0.368. The molecule has 1 aliphatic heterocycles. The van der Waals surface area contributed by atoms with Crippen LogP contribution in [0.25, 0.3) is 0 Å². The molecule has 2 aromatic carbocycles. The van der Waals surface area contributed by atoms with Gasteiger partial charge in [-0.05, 0) is 12.1 Å². The Bertz CT molecular complexity index is 845. The van der Waals surface area contributed by atoms with Crippen LogP contribution in [0.5, 0.6) is 5.75 Å². The van der Waals surface area contributed by atoms with Crippen molar-refractivity contribution in [1.82, 2.24) is 4.90 Å². The van der Waals surface area contributed by atoms with Crippen LogP contribution in [0.4, 0.5) is 5.69 Å². The maximum Gasteiger partial charge on any atom is 0.159 e. The molecule has 1 saturated heterocycles. The molecule has 1 aliphatic rings. The molecule has 1 fully saturated rings. The third-order valence-corrected chi connectivity index (χ3v) is 7.19. The molecule has 4 nitrogen and oxygen atoms in total. The number of nitrogens with zero attached hydrogens (tertiary/aromatic N) is 2. The predicted octanol–water partition coefficient (Wildman–Crippen LogP) is 6.17. The first-order valence-corrected chi connectivity index (χ1v) is 11.1. The third kappa shape index (κ3) is 5.50. The van der Waals surface area contributed by atoms with Crippen LogP contribution in [0, 0.1) is 0 Å². The van der Waals surface area contributed by atoms with Gasteiger partial charge in [0, 0.05) is 32.7 Å². The third-order valence-electron chi connectivity index (χ3n) is 4.62. The molecule has 10 heteroatoms. The molecule has 1 heterocycles. The van der Waals surface area contributed by atoms with Crippen LogP contribution in [-0.4, -0.2) is 55.4 Å². The summed E-state index contributed by atoms with van der Waals surface area (Å²) < 4.78 is 5.60. The standard InChI is InChI=1S/C19H18Cl6N2O2/c20-12-3-1-2-4-13(12)27-7-5-26(6-8-27)9-11(28)10-29-19-17(24)15(22)14(21)16(23)18(19)25/h1-4,11,28H,5-10H2. The molecule has 2 aromatic rings. The highest BCUT2D eigenvalue weighted by molar-refractivity contribution is 6.55. The van der Waals surface area contributed by atoms with Crippen molar-refractivity contribution in [2.75, 3.05) is 44.2 Å². The van der Waals surface area contributed by atoms with Gasteiger partial charge in [-0.1, -0.05) is 81.7 Å². The molecule has 0 aliphatic carbocycles. The number of aliphatic hydroxyl groups excluding tert-OH is 1. The van der Waals surface area contributed by atoms with Crippen LogP contribution >= 0.6 is 69.6 Å². The summed E-state index contributed by atoms with van der Waals surface area (Å²) in [6.45, 7) is 3.65. The van der Waals surface area contributed by atoms with Gasteiger partial charge in [-0.3, -0.25) is 4.90 Å². The number of β-amino-alcohol motifs (C(OH)–C–C–N with tert-alkyl or cyclic N) is 1. The largest absolute Gasteiger partial charge is 0.488 e. The fourth-order valence-corrected chi connectivity index (χ4v) is 4.61. The Morgan fingerprint density at radius 2 is 1.38 bits per heavy atom. The average molecular weight is 519 g/mol. The van der Waals surface area contributed by atoms with Crippen LogP contribution in [0.2, 0.25) is 30.1 Å². The number of benzene rings is 2. The zero-order valence-electron chi connectivity index (χ0n) is 15.1. The van der Waals surface area contributed by atoms with E-state index in [1.54, 1.807) is 0 Å². The Balaban J connectivity index is 1.53. The molecule has 0 aromatic heterocycles. The SMILES string of the molecule is OC(COc1c(Cl)c(Cl)c(Cl)c(Cl)c1Cl)CN1CCN(c2ccccc2Cl)CC1. The second-order valence-corrected chi connectivity index (χ2v) is 8.90. The fourth-order valence-electron chi connectivity index (χ4n) is 3.12. The van der Waals surface area contributed by atoms with E-state index in [4.69, 9.17) is 74.3 Å². The molecular weight excluding hydrogens is 501 g/mol. The van der Waals surface area contributed by atoms with E-state index < -0.39 is 6.10 Å². The number of anilines is 1. The topological polar surface area (TPSA) is 35.9 Å². The first-order chi connectivity index (χ1) is 13.8. The van der Waals surface area contributed by atoms with Gasteiger partial charge in [0.2, 0.25) is 0 Å². The van der Waals surface area contributed by atoms with Gasteiger partial charge in [-0.25, -0.2) is 0 Å². The number of halogens is 6. The zero-order valence-corrected chi connectivity index (χ0v) is 19.7. The van der Waals surface area contributed by atoms with E-state index in [0.717, 1.165) is 36.9 Å². The molecule has 0 bridgehead atoms. The molecule has 1 N–H and O–H groups in total. The summed E-state index contributed by atoms with van der Waals surface area (Å²) in [7, 11) is 0. The highest BCUT2D eigenvalue weighted by Gasteiger charge is 2.23. The number of para-hydroxylation sites is 1. The van der Waals surface area contributed by atoms with Crippen molar-refractivity contribution in [3.8, 4) is 5.75 Å². The van der Waals surface area contributed by atoms with E-state index in [1.165, 1.54) is 0 Å². The molecule has 3 rings (SSSR count). The molecule has 1 unspecified atom stereocenters. The predicted molar refractivity (Wildman–Crippen MR) is 123 cm³/mol. The lowest BCUT2D eigenvalue weighted by molar-refractivity contribution is 0.0664. The smallest absolute Gasteiger partial charge is 0.159 e. The minimum Gasteiger partial charge on any atom is -0.488 e. The van der Waals surface area contributed by atoms with Crippen LogP contribution < -0.4 is 9.64 Å². The Hall–Kier alpha value is -0.300. The van der Waals surface area contributed by atoms with Crippen molar-refractivity contribution in [3.05, 3.63) is 54.4 Å². The molecule has 0 spiro atoms. The summed E-state index contributed by atoms with van der Waals surface area (Å²) in [4.78, 5) is 4.39. The van der Waals surface area contributed by atoms with E-state index in [-0.39, 0.29) is 37.5 Å². The number of piperazine rings is 1. The van der Waals surface area contributed by atoms with Crippen molar-refractivity contribution in [2.45, 2.75) is 6.10 Å². The van der Waals surface area contributed by atoms with Crippen molar-refractivity contribution in [3.63, 3.8) is 0 Å². The van der Waals surface area contributed by atoms with E-state index in [1.807, 2.05) is 24.3 Å². The Morgan fingerprint density at radius 3 is 1.97 bits per heavy atom. The van der Waals surface area contributed by atoms with Crippen molar-refractivity contribution in [1.29, 1.82) is 0 Å². The molecule has 0 amide bonds. The summed E-state index contributed by atoms with van der Waals surface area (Å²) in [6, 6.07) is 7.78. The first kappa shape index (κ1) is 23.4. The van der Waals surface area contributed by atoms with Gasteiger partial charge in [-0.15, -0.1) is 0 Å². The Labute approximate surface area is 199 Å². The number of ether oxygens (including phenoxy) is 1. The monoisotopic (exact) mass is 516 g/mol. The summed E-state index contributed by atoms with van der Waals surface area (Å²) in [5.74, 6) is 0.107. The van der Waals surface area contributed by atoms with Gasteiger partial charge in [0.25, 0.3) is 0 Å². The van der Waals surface area contributed by atoms with E-state index in [9.17, 15) is 5.11 Å². The van der Waals surface area contributed by atoms with Crippen LogP contribution in [0.3, 0.4) is 0 Å². The normalized spacial score (nSPS) is 16.2. The lowest BCUT2D eigenvalue weighted by Crippen LogP contribution is -2.49. The average Bonchev–Trinajstić information content (AvgIpc) is 2.72. The van der Waals surface area contributed by atoms with E-state index in [0.29, 0.717) is 6.54 Å². The maximum absolute atomic E-state index is 10.4. The zero-order chi connectivity index (χ0) is 21.1. The minimum absolute atomic E-state index is 0.0154. The quantitative estimate of drug-likeness (QED) is 0.366. The highest BCUT2D eigenvalue weighted by atomic mass is 35.5. The van der Waals surface area contributed by atoms with Crippen molar-refractivity contribution in [2.24, 2.45) is 0 Å². The summed E-state index contributed by atoms with van der Waals surface area (Å²) >= 11 is 36.6. The number of hydrogen-bond donors (Lipinski definition) is 1. The number of rotatable bonds is 6. The number of hydrogen-bond acceptors (Lipinski definition) is 4. The van der Waals surface area contributed by atoms with E-state index in [2.05, 4.69) is 9.80 Å². The molecule has 1 atom stereocenters. The van der Waals surface area contributed by atoms with Crippen molar-refractivity contribution >= 4 is 75.3 Å². The van der Waals surface area contributed by atoms with Gasteiger partial charge < -0.3 is 14.7 Å². The van der Waals surface area contributed by atoms with Crippen molar-refractivity contribution < 1.29 is 9.84 Å². The van der Waals surface area contributed by atoms with Crippen LogP contribution in [0.1, 0.15) is 0 Å². The van der Waals surface area contributed by atoms with Gasteiger partial charge in [0.05, 0.1) is 25.8 Å². The van der Waals surface area contributed by atoms with Gasteiger partial charge >= 0.3 is 0 Å². The second kappa shape index (κ2) is 10.3. The Morgan fingerprint density at radius 1 is 0.828 bits per heavy atom. The Kier molecular flexibility index (Phi) is 8.33. The summed E-state index contributed by atoms with van der Waals surface area (Å²) in [5.41, 5.74) is 1.03. The minimum atomic E-state index is -0.748. The van der Waals surface area contributed by atoms with E-state index >= 15 is 0 Å².